The number of hydrogen-bond donors (Lipinski definition) is 2. The monoisotopic (exact) mass is 211 g/mol. The lowest BCUT2D eigenvalue weighted by Crippen LogP contribution is -2.48. The number of carbonyl (C=O) groups is 1. The van der Waals surface area contributed by atoms with Gasteiger partial charge in [0.1, 0.15) is 0 Å². The van der Waals surface area contributed by atoms with Gasteiger partial charge < -0.3 is 15.5 Å². The van der Waals surface area contributed by atoms with E-state index in [4.69, 9.17) is 0 Å². The molecule has 0 saturated carbocycles. The largest absolute Gasteiger partial charge is 0.355 e. The fraction of sp³-hybridized carbons (Fsp3) is 0.909. The van der Waals surface area contributed by atoms with Gasteiger partial charge in [-0.05, 0) is 39.3 Å². The number of amides is 1. The predicted molar refractivity (Wildman–Crippen MR) is 59.7 cm³/mol. The minimum absolute atomic E-state index is 0.0454. The highest BCUT2D eigenvalue weighted by molar-refractivity contribution is 5.81. The molecule has 4 nitrogen and oxygen atoms in total. The number of hydrogen-bond acceptors (Lipinski definition) is 3. The van der Waals surface area contributed by atoms with E-state index in [9.17, 15) is 4.79 Å². The summed E-state index contributed by atoms with van der Waals surface area (Å²) >= 11 is 0. The number of likely N-dealkylation sites (N-methyl/N-ethyl adjacent to an activating group) is 1. The third-order valence-electron chi connectivity index (χ3n) is 3.36. The Morgan fingerprint density at radius 2 is 2.27 bits per heavy atom. The van der Waals surface area contributed by atoms with Crippen molar-refractivity contribution in [2.75, 3.05) is 26.7 Å². The maximum Gasteiger partial charge on any atom is 0.237 e. The average Bonchev–Trinajstić information content (AvgIpc) is 2.50. The Hall–Kier alpha value is -0.610. The van der Waals surface area contributed by atoms with Crippen molar-refractivity contribution < 1.29 is 4.79 Å². The molecule has 0 aromatic carbocycles. The van der Waals surface area contributed by atoms with Crippen molar-refractivity contribution in [3.05, 3.63) is 0 Å². The van der Waals surface area contributed by atoms with Crippen LogP contribution in [-0.4, -0.2) is 49.6 Å². The van der Waals surface area contributed by atoms with E-state index in [1.165, 1.54) is 6.42 Å². The molecule has 0 bridgehead atoms. The third kappa shape index (κ3) is 2.92. The Labute approximate surface area is 91.4 Å². The molecular formula is C11H21N3O. The summed E-state index contributed by atoms with van der Waals surface area (Å²) in [6, 6.07) is 0.549. The predicted octanol–water partition coefficient (Wildman–Crippen LogP) is -0.0512. The topological polar surface area (TPSA) is 44.4 Å². The second kappa shape index (κ2) is 4.94. The Kier molecular flexibility index (Phi) is 3.59. The highest BCUT2D eigenvalue weighted by atomic mass is 16.2. The van der Waals surface area contributed by atoms with Gasteiger partial charge in [0, 0.05) is 19.1 Å². The van der Waals surface area contributed by atoms with Crippen molar-refractivity contribution in [3.8, 4) is 0 Å². The van der Waals surface area contributed by atoms with Crippen molar-refractivity contribution in [2.24, 2.45) is 0 Å². The highest BCUT2D eigenvalue weighted by Gasteiger charge is 2.26. The molecule has 2 heterocycles. The van der Waals surface area contributed by atoms with E-state index in [0.717, 1.165) is 38.9 Å². The molecule has 2 saturated heterocycles. The average molecular weight is 211 g/mol. The Morgan fingerprint density at radius 3 is 3.00 bits per heavy atom. The van der Waals surface area contributed by atoms with Crippen molar-refractivity contribution in [1.82, 2.24) is 15.5 Å². The van der Waals surface area contributed by atoms with Crippen LogP contribution in [0.25, 0.3) is 0 Å². The van der Waals surface area contributed by atoms with Crippen LogP contribution in [-0.2, 0) is 4.79 Å². The zero-order valence-electron chi connectivity index (χ0n) is 9.46. The Morgan fingerprint density at radius 1 is 1.40 bits per heavy atom. The molecule has 2 fully saturated rings. The van der Waals surface area contributed by atoms with Crippen LogP contribution in [0, 0.1) is 0 Å². The molecule has 15 heavy (non-hydrogen) atoms. The molecule has 0 radical (unpaired) electrons. The Bertz CT molecular complexity index is 232. The SMILES string of the molecule is CN1CCC(NC2CCCCNC2=O)C1. The van der Waals surface area contributed by atoms with Crippen molar-refractivity contribution in [1.29, 1.82) is 0 Å². The summed E-state index contributed by atoms with van der Waals surface area (Å²) in [7, 11) is 2.13. The molecule has 2 rings (SSSR count). The number of rotatable bonds is 2. The molecule has 2 unspecified atom stereocenters. The molecule has 2 aliphatic heterocycles. The summed E-state index contributed by atoms with van der Waals surface area (Å²) in [5.41, 5.74) is 0. The molecule has 2 N–H and O–H groups in total. The van der Waals surface area contributed by atoms with Gasteiger partial charge in [0.25, 0.3) is 0 Å². The van der Waals surface area contributed by atoms with Crippen LogP contribution in [0.3, 0.4) is 0 Å². The maximum absolute atomic E-state index is 11.7. The third-order valence-corrected chi connectivity index (χ3v) is 3.36. The summed E-state index contributed by atoms with van der Waals surface area (Å²) in [6.07, 6.45) is 4.43. The first-order chi connectivity index (χ1) is 7.25. The number of nitrogens with one attached hydrogen (secondary N) is 2. The normalized spacial score (nSPS) is 33.8. The molecule has 2 atom stereocenters. The highest BCUT2D eigenvalue weighted by Crippen LogP contribution is 2.11. The minimum atomic E-state index is 0.0454. The van der Waals surface area contributed by atoms with Gasteiger partial charge in [-0.25, -0.2) is 0 Å². The summed E-state index contributed by atoms with van der Waals surface area (Å²) in [5, 5.41) is 6.45. The van der Waals surface area contributed by atoms with Crippen molar-refractivity contribution in [2.45, 2.75) is 37.8 Å². The van der Waals surface area contributed by atoms with Crippen LogP contribution in [0.1, 0.15) is 25.7 Å². The number of nitrogens with zero attached hydrogens (tertiary/aromatic N) is 1. The fourth-order valence-electron chi connectivity index (χ4n) is 2.45. The fourth-order valence-corrected chi connectivity index (χ4v) is 2.45. The molecule has 86 valence electrons. The first-order valence-electron chi connectivity index (χ1n) is 5.98. The van der Waals surface area contributed by atoms with E-state index in [-0.39, 0.29) is 11.9 Å². The van der Waals surface area contributed by atoms with Gasteiger partial charge in [-0.1, -0.05) is 0 Å². The van der Waals surface area contributed by atoms with Crippen LogP contribution in [0.2, 0.25) is 0 Å². The summed E-state index contributed by atoms with van der Waals surface area (Å²) in [6.45, 7) is 3.07. The molecule has 1 amide bonds. The van der Waals surface area contributed by atoms with Crippen LogP contribution < -0.4 is 10.6 Å². The van der Waals surface area contributed by atoms with Gasteiger partial charge in [-0.2, -0.15) is 0 Å². The first-order valence-corrected chi connectivity index (χ1v) is 5.98. The number of likely N-dealkylation sites (tertiary alicyclic amines) is 1. The zero-order valence-corrected chi connectivity index (χ0v) is 9.46. The van der Waals surface area contributed by atoms with Gasteiger partial charge in [0.15, 0.2) is 0 Å². The van der Waals surface area contributed by atoms with Gasteiger partial charge in [0.2, 0.25) is 5.91 Å². The van der Waals surface area contributed by atoms with E-state index < -0.39 is 0 Å². The van der Waals surface area contributed by atoms with Gasteiger partial charge in [-0.15, -0.1) is 0 Å². The summed E-state index contributed by atoms with van der Waals surface area (Å²) < 4.78 is 0. The standard InChI is InChI=1S/C11H21N3O/c1-14-7-5-9(8-14)13-10-4-2-3-6-12-11(10)15/h9-10,13H,2-8H2,1H3,(H,12,15). The molecule has 2 aliphatic rings. The lowest BCUT2D eigenvalue weighted by molar-refractivity contribution is -0.123. The Balaban J connectivity index is 1.83. The van der Waals surface area contributed by atoms with Crippen LogP contribution >= 0.6 is 0 Å². The smallest absolute Gasteiger partial charge is 0.237 e. The lowest BCUT2D eigenvalue weighted by atomic mass is 10.1. The summed E-state index contributed by atoms with van der Waals surface area (Å²) in [4.78, 5) is 14.0. The van der Waals surface area contributed by atoms with E-state index in [1.54, 1.807) is 0 Å². The second-order valence-corrected chi connectivity index (χ2v) is 4.75. The zero-order chi connectivity index (χ0) is 10.7. The lowest BCUT2D eigenvalue weighted by Gasteiger charge is -2.20. The molecule has 0 aromatic heterocycles. The molecular weight excluding hydrogens is 190 g/mol. The first kappa shape index (κ1) is 10.9. The molecule has 0 aliphatic carbocycles. The molecule has 0 aromatic rings. The summed E-state index contributed by atoms with van der Waals surface area (Å²) in [5.74, 6) is 0.196. The maximum atomic E-state index is 11.7. The van der Waals surface area contributed by atoms with Crippen molar-refractivity contribution >= 4 is 5.91 Å². The van der Waals surface area contributed by atoms with Gasteiger partial charge in [-0.3, -0.25) is 4.79 Å². The van der Waals surface area contributed by atoms with Crippen LogP contribution in [0.5, 0.6) is 0 Å². The molecule has 4 heteroatoms. The van der Waals surface area contributed by atoms with E-state index >= 15 is 0 Å². The van der Waals surface area contributed by atoms with E-state index in [2.05, 4.69) is 22.6 Å². The van der Waals surface area contributed by atoms with Gasteiger partial charge in [0.05, 0.1) is 6.04 Å². The van der Waals surface area contributed by atoms with Crippen LogP contribution in [0.15, 0.2) is 0 Å². The van der Waals surface area contributed by atoms with E-state index in [1.807, 2.05) is 0 Å². The minimum Gasteiger partial charge on any atom is -0.355 e. The van der Waals surface area contributed by atoms with E-state index in [0.29, 0.717) is 6.04 Å². The number of carbonyl (C=O) groups excluding carboxylic acids is 1. The van der Waals surface area contributed by atoms with Gasteiger partial charge >= 0.3 is 0 Å². The van der Waals surface area contributed by atoms with Crippen molar-refractivity contribution in [3.63, 3.8) is 0 Å². The quantitative estimate of drug-likeness (QED) is 0.673. The second-order valence-electron chi connectivity index (χ2n) is 4.75. The van der Waals surface area contributed by atoms with Crippen LogP contribution in [0.4, 0.5) is 0 Å². The molecule has 0 spiro atoms.